The highest BCUT2D eigenvalue weighted by Crippen LogP contribution is 2.16. The summed E-state index contributed by atoms with van der Waals surface area (Å²) in [6.07, 6.45) is 1.90. The fraction of sp³-hybridized carbons (Fsp3) is 0.200. The molecule has 0 atom stereocenters. The van der Waals surface area contributed by atoms with Crippen LogP contribution in [0.1, 0.15) is 21.7 Å². The van der Waals surface area contributed by atoms with Gasteiger partial charge in [-0.15, -0.1) is 0 Å². The number of methoxy groups -OCH3 is 2. The number of aromatic nitrogens is 3. The Bertz CT molecular complexity index is 985. The third-order valence-electron chi connectivity index (χ3n) is 4.02. The Morgan fingerprint density at radius 1 is 1.07 bits per heavy atom. The van der Waals surface area contributed by atoms with Gasteiger partial charge in [-0.05, 0) is 42.7 Å². The number of benzene rings is 1. The number of amides is 1. The molecule has 3 aromatic rings. The van der Waals surface area contributed by atoms with Gasteiger partial charge in [-0.3, -0.25) is 9.89 Å². The van der Waals surface area contributed by atoms with E-state index in [1.165, 1.54) is 25.4 Å². The lowest BCUT2D eigenvalue weighted by molar-refractivity contribution is 0.102. The summed E-state index contributed by atoms with van der Waals surface area (Å²) in [5, 5.41) is 9.70. The van der Waals surface area contributed by atoms with Gasteiger partial charge in [-0.2, -0.15) is 5.10 Å². The molecule has 3 rings (SSSR count). The minimum absolute atomic E-state index is 0.162. The average molecular weight is 396 g/mol. The van der Waals surface area contributed by atoms with Crippen molar-refractivity contribution < 1.29 is 23.8 Å². The number of rotatable bonds is 7. The first-order chi connectivity index (χ1) is 14.1. The van der Waals surface area contributed by atoms with Gasteiger partial charge in [0.2, 0.25) is 0 Å². The summed E-state index contributed by atoms with van der Waals surface area (Å²) >= 11 is 0. The van der Waals surface area contributed by atoms with Gasteiger partial charge in [0, 0.05) is 6.07 Å². The highest BCUT2D eigenvalue weighted by Gasteiger charge is 2.11. The highest BCUT2D eigenvalue weighted by atomic mass is 16.7. The van der Waals surface area contributed by atoms with Crippen molar-refractivity contribution in [1.29, 1.82) is 0 Å². The van der Waals surface area contributed by atoms with Crippen LogP contribution in [0.4, 0.5) is 10.6 Å². The summed E-state index contributed by atoms with van der Waals surface area (Å²) in [5.41, 5.74) is 2.11. The summed E-state index contributed by atoms with van der Waals surface area (Å²) in [4.78, 5) is 27.3. The van der Waals surface area contributed by atoms with Crippen LogP contribution in [-0.2, 0) is 17.6 Å². The number of nitrogens with zero attached hydrogens (tertiary/aromatic N) is 2. The number of aromatic amines is 1. The maximum Gasteiger partial charge on any atom is 0.513 e. The van der Waals surface area contributed by atoms with Crippen LogP contribution in [0.2, 0.25) is 0 Å². The largest absolute Gasteiger partial charge is 0.513 e. The first-order valence-electron chi connectivity index (χ1n) is 8.78. The quantitative estimate of drug-likeness (QED) is 0.590. The lowest BCUT2D eigenvalue weighted by atomic mass is 10.1. The molecule has 0 spiro atoms. The van der Waals surface area contributed by atoms with Crippen molar-refractivity contribution in [2.24, 2.45) is 0 Å². The number of carbonyl (C=O) groups is 2. The van der Waals surface area contributed by atoms with Crippen molar-refractivity contribution in [2.75, 3.05) is 19.5 Å². The number of anilines is 1. The first-order valence-corrected chi connectivity index (χ1v) is 8.78. The van der Waals surface area contributed by atoms with Crippen molar-refractivity contribution in [3.05, 3.63) is 65.6 Å². The summed E-state index contributed by atoms with van der Waals surface area (Å²) in [6, 6.07) is 12.5. The van der Waals surface area contributed by atoms with Crippen molar-refractivity contribution in [3.8, 4) is 11.5 Å². The number of pyridine rings is 1. The Balaban J connectivity index is 1.55. The number of nitrogens with one attached hydrogen (secondary N) is 2. The molecule has 2 heterocycles. The van der Waals surface area contributed by atoms with Crippen LogP contribution in [0.15, 0.2) is 48.7 Å². The predicted molar refractivity (Wildman–Crippen MR) is 104 cm³/mol. The smallest absolute Gasteiger partial charge is 0.497 e. The molecule has 0 aliphatic carbocycles. The third kappa shape index (κ3) is 5.55. The highest BCUT2D eigenvalue weighted by molar-refractivity contribution is 6.02. The third-order valence-corrected chi connectivity index (χ3v) is 4.02. The molecule has 0 radical (unpaired) electrons. The fourth-order valence-corrected chi connectivity index (χ4v) is 2.55. The minimum Gasteiger partial charge on any atom is -0.497 e. The molecule has 0 fully saturated rings. The second kappa shape index (κ2) is 9.36. The Labute approximate surface area is 167 Å². The summed E-state index contributed by atoms with van der Waals surface area (Å²) in [5.74, 6) is 1.03. The maximum absolute atomic E-state index is 12.3. The van der Waals surface area contributed by atoms with E-state index in [0.29, 0.717) is 12.2 Å². The molecule has 2 aromatic heterocycles. The van der Waals surface area contributed by atoms with Crippen LogP contribution in [0.25, 0.3) is 0 Å². The molecule has 1 amide bonds. The first kappa shape index (κ1) is 19.9. The second-order valence-corrected chi connectivity index (χ2v) is 6.01. The number of hydrogen-bond acceptors (Lipinski definition) is 7. The molecule has 2 N–H and O–H groups in total. The fourth-order valence-electron chi connectivity index (χ4n) is 2.55. The summed E-state index contributed by atoms with van der Waals surface area (Å²) in [7, 11) is 2.84. The van der Waals surface area contributed by atoms with Crippen LogP contribution in [0, 0.1) is 0 Å². The van der Waals surface area contributed by atoms with E-state index >= 15 is 0 Å². The van der Waals surface area contributed by atoms with Gasteiger partial charge < -0.3 is 19.5 Å². The molecule has 0 saturated carbocycles. The normalized spacial score (nSPS) is 10.3. The van der Waals surface area contributed by atoms with E-state index in [2.05, 4.69) is 25.2 Å². The Hall–Kier alpha value is -3.88. The zero-order chi connectivity index (χ0) is 20.6. The Kier molecular flexibility index (Phi) is 6.41. The molecule has 150 valence electrons. The molecule has 0 bridgehead atoms. The van der Waals surface area contributed by atoms with E-state index in [4.69, 9.17) is 9.47 Å². The lowest BCUT2D eigenvalue weighted by Crippen LogP contribution is -2.14. The summed E-state index contributed by atoms with van der Waals surface area (Å²) in [6.45, 7) is 0. The number of aryl methyl sites for hydroxylation is 2. The van der Waals surface area contributed by atoms with Gasteiger partial charge in [-0.1, -0.05) is 12.1 Å². The zero-order valence-corrected chi connectivity index (χ0v) is 16.0. The van der Waals surface area contributed by atoms with Crippen LogP contribution >= 0.6 is 0 Å². The SMILES string of the molecule is COC(=O)Oc1ccc(C(=O)Nc2cc(CCc3cccc(OC)c3)n[nH]2)nc1. The molecule has 1 aromatic carbocycles. The van der Waals surface area contributed by atoms with Crippen molar-refractivity contribution in [3.63, 3.8) is 0 Å². The van der Waals surface area contributed by atoms with Gasteiger partial charge in [0.05, 0.1) is 26.1 Å². The number of hydrogen-bond donors (Lipinski definition) is 2. The van der Waals surface area contributed by atoms with Crippen LogP contribution < -0.4 is 14.8 Å². The van der Waals surface area contributed by atoms with Gasteiger partial charge >= 0.3 is 6.16 Å². The van der Waals surface area contributed by atoms with E-state index in [-0.39, 0.29) is 11.4 Å². The molecule has 0 aliphatic heterocycles. The van der Waals surface area contributed by atoms with Crippen LogP contribution in [0.3, 0.4) is 0 Å². The second-order valence-electron chi connectivity index (χ2n) is 6.01. The van der Waals surface area contributed by atoms with Crippen molar-refractivity contribution in [2.45, 2.75) is 12.8 Å². The Morgan fingerprint density at radius 2 is 1.93 bits per heavy atom. The number of carbonyl (C=O) groups excluding carboxylic acids is 2. The average Bonchev–Trinajstić information content (AvgIpc) is 3.20. The van der Waals surface area contributed by atoms with E-state index < -0.39 is 12.1 Å². The van der Waals surface area contributed by atoms with E-state index in [1.807, 2.05) is 24.3 Å². The summed E-state index contributed by atoms with van der Waals surface area (Å²) < 4.78 is 14.4. The van der Waals surface area contributed by atoms with Crippen LogP contribution in [-0.4, -0.2) is 41.5 Å². The Morgan fingerprint density at radius 3 is 2.66 bits per heavy atom. The predicted octanol–water partition coefficient (Wildman–Crippen LogP) is 3.00. The van der Waals surface area contributed by atoms with E-state index in [0.717, 1.165) is 23.4 Å². The zero-order valence-electron chi connectivity index (χ0n) is 16.0. The molecular formula is C20H20N4O5. The van der Waals surface area contributed by atoms with Gasteiger partial charge in [0.15, 0.2) is 5.75 Å². The van der Waals surface area contributed by atoms with Gasteiger partial charge in [-0.25, -0.2) is 9.78 Å². The van der Waals surface area contributed by atoms with Gasteiger partial charge in [0.1, 0.15) is 17.3 Å². The minimum atomic E-state index is -0.858. The molecule has 9 heteroatoms. The molecular weight excluding hydrogens is 376 g/mol. The van der Waals surface area contributed by atoms with Crippen molar-refractivity contribution >= 4 is 17.9 Å². The molecule has 0 unspecified atom stereocenters. The van der Waals surface area contributed by atoms with Crippen LogP contribution in [0.5, 0.6) is 11.5 Å². The standard InChI is InChI=1S/C20H20N4O5/c1-27-15-5-3-4-13(10-15)6-7-14-11-18(24-23-14)22-19(25)17-9-8-16(12-21-17)29-20(26)28-2/h3-5,8-12H,6-7H2,1-2H3,(H2,22,23,24,25). The maximum atomic E-state index is 12.3. The number of ether oxygens (including phenoxy) is 3. The molecule has 0 aliphatic rings. The molecule has 29 heavy (non-hydrogen) atoms. The van der Waals surface area contributed by atoms with Crippen molar-refractivity contribution in [1.82, 2.24) is 15.2 Å². The van der Waals surface area contributed by atoms with Gasteiger partial charge in [0.25, 0.3) is 5.91 Å². The lowest BCUT2D eigenvalue weighted by Gasteiger charge is -2.04. The molecule has 9 nitrogen and oxygen atoms in total. The van der Waals surface area contributed by atoms with E-state index in [9.17, 15) is 9.59 Å². The topological polar surface area (TPSA) is 115 Å². The number of H-pyrrole nitrogens is 1. The molecule has 0 saturated heterocycles. The van der Waals surface area contributed by atoms with E-state index in [1.54, 1.807) is 13.2 Å². The monoisotopic (exact) mass is 396 g/mol.